The first-order valence-corrected chi connectivity index (χ1v) is 6.42. The number of rotatable bonds is 7. The van der Waals surface area contributed by atoms with Crippen molar-refractivity contribution >= 4 is 5.91 Å². The lowest BCUT2D eigenvalue weighted by Gasteiger charge is -2.18. The standard InChI is InChI=1S/C12H22N2O3/c1-17-8-10(15)4-6-14-7-5-11(12(14)16)13-9-2-3-9/h9-11,13,15H,2-8H2,1H3. The summed E-state index contributed by atoms with van der Waals surface area (Å²) >= 11 is 0. The number of carbonyl (C=O) groups excluding carboxylic acids is 1. The monoisotopic (exact) mass is 242 g/mol. The van der Waals surface area contributed by atoms with E-state index in [1.54, 1.807) is 7.11 Å². The van der Waals surface area contributed by atoms with Crippen molar-refractivity contribution in [1.82, 2.24) is 10.2 Å². The molecule has 0 aromatic rings. The number of methoxy groups -OCH3 is 1. The van der Waals surface area contributed by atoms with Crippen LogP contribution in [0.5, 0.6) is 0 Å². The predicted molar refractivity (Wildman–Crippen MR) is 63.6 cm³/mol. The molecule has 5 heteroatoms. The Labute approximate surface area is 102 Å². The van der Waals surface area contributed by atoms with Crippen molar-refractivity contribution in [2.24, 2.45) is 0 Å². The van der Waals surface area contributed by atoms with Gasteiger partial charge in [-0.3, -0.25) is 4.79 Å². The molecule has 1 aliphatic carbocycles. The smallest absolute Gasteiger partial charge is 0.239 e. The van der Waals surface area contributed by atoms with Crippen LogP contribution in [0.15, 0.2) is 0 Å². The molecule has 0 radical (unpaired) electrons. The molecule has 5 nitrogen and oxygen atoms in total. The van der Waals surface area contributed by atoms with Gasteiger partial charge in [-0.15, -0.1) is 0 Å². The normalized spacial score (nSPS) is 26.6. The lowest BCUT2D eigenvalue weighted by Crippen LogP contribution is -2.40. The Morgan fingerprint density at radius 1 is 1.53 bits per heavy atom. The fourth-order valence-electron chi connectivity index (χ4n) is 2.23. The predicted octanol–water partition coefficient (Wildman–Crippen LogP) is -0.263. The van der Waals surface area contributed by atoms with E-state index in [0.29, 0.717) is 25.6 Å². The molecule has 1 aliphatic heterocycles. The number of aliphatic hydroxyl groups is 1. The van der Waals surface area contributed by atoms with Crippen LogP contribution in [0.4, 0.5) is 0 Å². The first kappa shape index (κ1) is 12.8. The number of hydrogen-bond donors (Lipinski definition) is 2. The van der Waals surface area contributed by atoms with E-state index >= 15 is 0 Å². The third kappa shape index (κ3) is 3.66. The van der Waals surface area contributed by atoms with Crippen molar-refractivity contribution in [1.29, 1.82) is 0 Å². The Morgan fingerprint density at radius 3 is 2.94 bits per heavy atom. The van der Waals surface area contributed by atoms with Gasteiger partial charge in [-0.2, -0.15) is 0 Å². The average Bonchev–Trinajstić information content (AvgIpc) is 3.04. The summed E-state index contributed by atoms with van der Waals surface area (Å²) in [5, 5.41) is 12.9. The number of amides is 1. The molecule has 0 spiro atoms. The summed E-state index contributed by atoms with van der Waals surface area (Å²) in [6.07, 6.45) is 3.43. The molecule has 0 aromatic heterocycles. The highest BCUT2D eigenvalue weighted by Crippen LogP contribution is 2.22. The third-order valence-corrected chi connectivity index (χ3v) is 3.40. The van der Waals surface area contributed by atoms with Gasteiger partial charge in [0.25, 0.3) is 0 Å². The average molecular weight is 242 g/mol. The SMILES string of the molecule is COCC(O)CCN1CCC(NC2CC2)C1=O. The molecule has 0 bridgehead atoms. The first-order valence-electron chi connectivity index (χ1n) is 6.42. The molecule has 2 N–H and O–H groups in total. The summed E-state index contributed by atoms with van der Waals surface area (Å²) in [6.45, 7) is 1.78. The molecule has 1 saturated carbocycles. The first-order chi connectivity index (χ1) is 8.20. The van der Waals surface area contributed by atoms with Gasteiger partial charge in [0, 0.05) is 26.2 Å². The molecule has 1 heterocycles. The lowest BCUT2D eigenvalue weighted by molar-refractivity contribution is -0.129. The van der Waals surface area contributed by atoms with E-state index < -0.39 is 6.10 Å². The number of carbonyl (C=O) groups is 1. The highest BCUT2D eigenvalue weighted by molar-refractivity contribution is 5.84. The fourth-order valence-corrected chi connectivity index (χ4v) is 2.23. The topological polar surface area (TPSA) is 61.8 Å². The maximum Gasteiger partial charge on any atom is 0.239 e. The van der Waals surface area contributed by atoms with Gasteiger partial charge in [-0.25, -0.2) is 0 Å². The fraction of sp³-hybridized carbons (Fsp3) is 0.917. The van der Waals surface area contributed by atoms with Gasteiger partial charge in [0.1, 0.15) is 0 Å². The summed E-state index contributed by atoms with van der Waals surface area (Å²) in [5.41, 5.74) is 0. The number of nitrogens with zero attached hydrogens (tertiary/aromatic N) is 1. The second-order valence-corrected chi connectivity index (χ2v) is 5.01. The highest BCUT2D eigenvalue weighted by atomic mass is 16.5. The van der Waals surface area contributed by atoms with Gasteiger partial charge >= 0.3 is 0 Å². The van der Waals surface area contributed by atoms with Gasteiger partial charge < -0.3 is 20.1 Å². The third-order valence-electron chi connectivity index (χ3n) is 3.40. The van der Waals surface area contributed by atoms with Crippen LogP contribution < -0.4 is 5.32 Å². The van der Waals surface area contributed by atoms with Crippen LogP contribution in [0.1, 0.15) is 25.7 Å². The molecule has 2 atom stereocenters. The molecule has 17 heavy (non-hydrogen) atoms. The number of ether oxygens (including phenoxy) is 1. The second-order valence-electron chi connectivity index (χ2n) is 5.01. The Kier molecular flexibility index (Phi) is 4.36. The van der Waals surface area contributed by atoms with Crippen molar-refractivity contribution < 1.29 is 14.6 Å². The number of nitrogens with one attached hydrogen (secondary N) is 1. The summed E-state index contributed by atoms with van der Waals surface area (Å²) in [7, 11) is 1.57. The molecule has 1 amide bonds. The van der Waals surface area contributed by atoms with E-state index in [1.807, 2.05) is 4.90 Å². The molecular formula is C12H22N2O3. The van der Waals surface area contributed by atoms with Crippen LogP contribution in [0.2, 0.25) is 0 Å². The minimum Gasteiger partial charge on any atom is -0.391 e. The van der Waals surface area contributed by atoms with Gasteiger partial charge in [0.2, 0.25) is 5.91 Å². The zero-order chi connectivity index (χ0) is 12.3. The lowest BCUT2D eigenvalue weighted by atomic mass is 10.2. The Hall–Kier alpha value is -0.650. The number of hydrogen-bond acceptors (Lipinski definition) is 4. The summed E-state index contributed by atoms with van der Waals surface area (Å²) in [4.78, 5) is 13.8. The molecule has 1 saturated heterocycles. The van der Waals surface area contributed by atoms with Crippen LogP contribution in [0.25, 0.3) is 0 Å². The van der Waals surface area contributed by atoms with Crippen LogP contribution >= 0.6 is 0 Å². The van der Waals surface area contributed by atoms with E-state index in [-0.39, 0.29) is 11.9 Å². The molecule has 2 rings (SSSR count). The Balaban J connectivity index is 1.69. The van der Waals surface area contributed by atoms with Crippen molar-refractivity contribution in [3.05, 3.63) is 0 Å². The minimum absolute atomic E-state index is 0.0158. The quantitative estimate of drug-likeness (QED) is 0.645. The van der Waals surface area contributed by atoms with Crippen molar-refractivity contribution in [3.8, 4) is 0 Å². The van der Waals surface area contributed by atoms with Gasteiger partial charge in [0.05, 0.1) is 18.8 Å². The number of aliphatic hydroxyl groups excluding tert-OH is 1. The maximum atomic E-state index is 12.0. The van der Waals surface area contributed by atoms with Gasteiger partial charge in [-0.1, -0.05) is 0 Å². The Morgan fingerprint density at radius 2 is 2.29 bits per heavy atom. The molecule has 98 valence electrons. The van der Waals surface area contributed by atoms with Crippen molar-refractivity contribution in [2.75, 3.05) is 26.8 Å². The van der Waals surface area contributed by atoms with E-state index in [9.17, 15) is 9.90 Å². The minimum atomic E-state index is -0.469. The zero-order valence-electron chi connectivity index (χ0n) is 10.4. The van der Waals surface area contributed by atoms with E-state index in [2.05, 4.69) is 5.32 Å². The largest absolute Gasteiger partial charge is 0.391 e. The van der Waals surface area contributed by atoms with Gasteiger partial charge in [-0.05, 0) is 25.7 Å². The van der Waals surface area contributed by atoms with Gasteiger partial charge in [0.15, 0.2) is 0 Å². The highest BCUT2D eigenvalue weighted by Gasteiger charge is 2.35. The zero-order valence-corrected chi connectivity index (χ0v) is 10.4. The molecular weight excluding hydrogens is 220 g/mol. The number of likely N-dealkylation sites (tertiary alicyclic amines) is 1. The summed E-state index contributed by atoms with van der Waals surface area (Å²) < 4.78 is 4.86. The maximum absolute atomic E-state index is 12.0. The van der Waals surface area contributed by atoms with Crippen LogP contribution in [-0.4, -0.2) is 60.9 Å². The second kappa shape index (κ2) is 5.80. The van der Waals surface area contributed by atoms with Crippen LogP contribution in [-0.2, 0) is 9.53 Å². The van der Waals surface area contributed by atoms with Crippen LogP contribution in [0.3, 0.4) is 0 Å². The van der Waals surface area contributed by atoms with E-state index in [1.165, 1.54) is 12.8 Å². The van der Waals surface area contributed by atoms with Crippen molar-refractivity contribution in [3.63, 3.8) is 0 Å². The molecule has 2 fully saturated rings. The summed E-state index contributed by atoms with van der Waals surface area (Å²) in [6, 6.07) is 0.588. The molecule has 0 aromatic carbocycles. The van der Waals surface area contributed by atoms with Crippen molar-refractivity contribution in [2.45, 2.75) is 43.9 Å². The van der Waals surface area contributed by atoms with E-state index in [0.717, 1.165) is 13.0 Å². The molecule has 2 aliphatic rings. The summed E-state index contributed by atoms with van der Waals surface area (Å²) in [5.74, 6) is 0.196. The Bertz CT molecular complexity index is 268. The van der Waals surface area contributed by atoms with E-state index in [4.69, 9.17) is 4.74 Å². The van der Waals surface area contributed by atoms with Crippen LogP contribution in [0, 0.1) is 0 Å². The molecule has 2 unspecified atom stereocenters.